The van der Waals surface area contributed by atoms with E-state index in [1.807, 2.05) is 24.3 Å². The highest BCUT2D eigenvalue weighted by Crippen LogP contribution is 2.57. The van der Waals surface area contributed by atoms with Gasteiger partial charge in [0.15, 0.2) is 0 Å². The molecule has 0 spiro atoms. The van der Waals surface area contributed by atoms with E-state index in [1.54, 1.807) is 7.11 Å². The molecule has 0 radical (unpaired) electrons. The average molecular weight is 401 g/mol. The van der Waals surface area contributed by atoms with Crippen LogP contribution in [-0.2, 0) is 14.3 Å². The van der Waals surface area contributed by atoms with Crippen LogP contribution in [0.25, 0.3) is 0 Å². The Morgan fingerprint density at radius 2 is 1.93 bits per heavy atom. The second-order valence-electron chi connectivity index (χ2n) is 9.34. The van der Waals surface area contributed by atoms with Crippen molar-refractivity contribution in [3.63, 3.8) is 0 Å². The first-order valence-electron chi connectivity index (χ1n) is 11.2. The second kappa shape index (κ2) is 9.32. The van der Waals surface area contributed by atoms with Crippen molar-refractivity contribution in [1.82, 2.24) is 0 Å². The number of ketones is 1. The van der Waals surface area contributed by atoms with Crippen molar-refractivity contribution in [2.24, 2.45) is 23.2 Å². The molecule has 1 aromatic rings. The quantitative estimate of drug-likeness (QED) is 0.510. The normalized spacial score (nSPS) is 28.5. The molecule has 4 heteroatoms. The molecule has 2 aliphatic rings. The van der Waals surface area contributed by atoms with Crippen molar-refractivity contribution < 1.29 is 19.1 Å². The maximum Gasteiger partial charge on any atom is 0.303 e. The summed E-state index contributed by atoms with van der Waals surface area (Å²) in [4.78, 5) is 24.0. The lowest BCUT2D eigenvalue weighted by atomic mass is 9.62. The minimum absolute atomic E-state index is 0.194. The first kappa shape index (κ1) is 21.9. The van der Waals surface area contributed by atoms with Gasteiger partial charge in [0.25, 0.3) is 0 Å². The number of carbonyl (C=O) groups excluding carboxylic acids is 2. The summed E-state index contributed by atoms with van der Waals surface area (Å²) >= 11 is 0. The van der Waals surface area contributed by atoms with Gasteiger partial charge in [0.2, 0.25) is 0 Å². The third kappa shape index (κ3) is 4.84. The van der Waals surface area contributed by atoms with E-state index in [0.29, 0.717) is 17.6 Å². The standard InChI is InChI=1S/C25H36O4/c1-17(21-14-15-22-23(27)8-6-16-25(21,22)3)7-5-9-24(29-18(2)26)19-10-12-20(28-4)13-11-19/h10-13,17,21-22,24H,5-9,14-16H2,1-4H3. The van der Waals surface area contributed by atoms with Crippen molar-refractivity contribution >= 4 is 11.8 Å². The number of carbonyl (C=O) groups is 2. The van der Waals surface area contributed by atoms with E-state index in [-0.39, 0.29) is 23.4 Å². The lowest BCUT2D eigenvalue weighted by molar-refractivity contribution is -0.147. The van der Waals surface area contributed by atoms with Crippen molar-refractivity contribution in [3.8, 4) is 5.75 Å². The Hall–Kier alpha value is -1.84. The highest BCUT2D eigenvalue weighted by molar-refractivity contribution is 5.83. The number of ether oxygens (including phenoxy) is 2. The van der Waals surface area contributed by atoms with Crippen LogP contribution in [0.2, 0.25) is 0 Å². The largest absolute Gasteiger partial charge is 0.497 e. The minimum Gasteiger partial charge on any atom is -0.497 e. The molecule has 2 fully saturated rings. The van der Waals surface area contributed by atoms with Crippen LogP contribution < -0.4 is 4.74 Å². The highest BCUT2D eigenvalue weighted by atomic mass is 16.5. The molecule has 2 aliphatic carbocycles. The van der Waals surface area contributed by atoms with Gasteiger partial charge in [0.1, 0.15) is 17.6 Å². The second-order valence-corrected chi connectivity index (χ2v) is 9.34. The van der Waals surface area contributed by atoms with Crippen LogP contribution in [0.1, 0.15) is 83.8 Å². The van der Waals surface area contributed by atoms with Gasteiger partial charge in [-0.3, -0.25) is 9.59 Å². The third-order valence-electron chi connectivity index (χ3n) is 7.55. The molecule has 5 unspecified atom stereocenters. The van der Waals surface area contributed by atoms with Crippen LogP contribution in [0.4, 0.5) is 0 Å². The molecular formula is C25H36O4. The van der Waals surface area contributed by atoms with Crippen LogP contribution in [0.5, 0.6) is 5.75 Å². The predicted octanol–water partition coefficient (Wildman–Crippen LogP) is 5.89. The SMILES string of the molecule is COc1ccc(C(CCCC(C)C2CCC3C(=O)CCCC32C)OC(C)=O)cc1. The Morgan fingerprint density at radius 3 is 2.59 bits per heavy atom. The number of hydrogen-bond acceptors (Lipinski definition) is 4. The summed E-state index contributed by atoms with van der Waals surface area (Å²) in [6, 6.07) is 7.78. The number of benzene rings is 1. The summed E-state index contributed by atoms with van der Waals surface area (Å²) in [5, 5.41) is 0. The molecule has 0 N–H and O–H groups in total. The molecule has 29 heavy (non-hydrogen) atoms. The molecule has 0 aliphatic heterocycles. The molecule has 4 nitrogen and oxygen atoms in total. The first-order chi connectivity index (χ1) is 13.8. The van der Waals surface area contributed by atoms with Crippen molar-refractivity contribution in [2.45, 2.75) is 78.2 Å². The van der Waals surface area contributed by atoms with Gasteiger partial charge in [-0.05, 0) is 73.5 Å². The number of Topliss-reactive ketones (excluding diaryl/α,β-unsaturated/α-hetero) is 1. The van der Waals surface area contributed by atoms with Gasteiger partial charge in [0, 0.05) is 19.3 Å². The molecule has 3 rings (SSSR count). The molecule has 5 atom stereocenters. The fraction of sp³-hybridized carbons (Fsp3) is 0.680. The Morgan fingerprint density at radius 1 is 1.21 bits per heavy atom. The summed E-state index contributed by atoms with van der Waals surface area (Å²) in [6.07, 6.45) is 8.02. The predicted molar refractivity (Wildman–Crippen MR) is 114 cm³/mol. The molecule has 0 heterocycles. The van der Waals surface area contributed by atoms with Crippen LogP contribution >= 0.6 is 0 Å². The summed E-state index contributed by atoms with van der Waals surface area (Å²) in [5.41, 5.74) is 1.21. The van der Waals surface area contributed by atoms with Gasteiger partial charge in [-0.25, -0.2) is 0 Å². The van der Waals surface area contributed by atoms with Gasteiger partial charge in [0.05, 0.1) is 7.11 Å². The molecule has 1 aromatic carbocycles. The fourth-order valence-corrected chi connectivity index (χ4v) is 6.04. The molecule has 0 bridgehead atoms. The average Bonchev–Trinajstić information content (AvgIpc) is 3.05. The van der Waals surface area contributed by atoms with E-state index in [4.69, 9.17) is 9.47 Å². The zero-order chi connectivity index (χ0) is 21.0. The van der Waals surface area contributed by atoms with Crippen LogP contribution in [0, 0.1) is 23.2 Å². The van der Waals surface area contributed by atoms with E-state index in [2.05, 4.69) is 13.8 Å². The number of esters is 1. The zero-order valence-electron chi connectivity index (χ0n) is 18.4. The fourth-order valence-electron chi connectivity index (χ4n) is 6.04. The van der Waals surface area contributed by atoms with Crippen molar-refractivity contribution in [3.05, 3.63) is 29.8 Å². The topological polar surface area (TPSA) is 52.6 Å². The number of rotatable bonds is 8. The summed E-state index contributed by atoms with van der Waals surface area (Å²) in [7, 11) is 1.65. The van der Waals surface area contributed by atoms with Gasteiger partial charge >= 0.3 is 5.97 Å². The number of hydrogen-bond donors (Lipinski definition) is 0. The molecule has 0 amide bonds. The third-order valence-corrected chi connectivity index (χ3v) is 7.55. The summed E-state index contributed by atoms with van der Waals surface area (Å²) in [6.45, 7) is 6.19. The number of fused-ring (bicyclic) bond motifs is 1. The maximum absolute atomic E-state index is 12.4. The highest BCUT2D eigenvalue weighted by Gasteiger charge is 2.52. The number of methoxy groups -OCH3 is 1. The van der Waals surface area contributed by atoms with E-state index >= 15 is 0 Å². The molecule has 0 saturated heterocycles. The summed E-state index contributed by atoms with van der Waals surface area (Å²) in [5.74, 6) is 2.56. The van der Waals surface area contributed by atoms with E-state index in [1.165, 1.54) is 19.8 Å². The van der Waals surface area contributed by atoms with Gasteiger partial charge in [-0.2, -0.15) is 0 Å². The molecule has 2 saturated carbocycles. The van der Waals surface area contributed by atoms with E-state index < -0.39 is 0 Å². The lowest BCUT2D eigenvalue weighted by Gasteiger charge is -2.42. The van der Waals surface area contributed by atoms with E-state index in [0.717, 1.165) is 49.8 Å². The minimum atomic E-state index is -0.245. The van der Waals surface area contributed by atoms with Crippen molar-refractivity contribution in [1.29, 1.82) is 0 Å². The monoisotopic (exact) mass is 400 g/mol. The van der Waals surface area contributed by atoms with Gasteiger partial charge in [-0.15, -0.1) is 0 Å². The molecular weight excluding hydrogens is 364 g/mol. The van der Waals surface area contributed by atoms with Crippen LogP contribution in [0.15, 0.2) is 24.3 Å². The first-order valence-corrected chi connectivity index (χ1v) is 11.2. The van der Waals surface area contributed by atoms with E-state index in [9.17, 15) is 9.59 Å². The van der Waals surface area contributed by atoms with Crippen LogP contribution in [-0.4, -0.2) is 18.9 Å². The molecule has 160 valence electrons. The van der Waals surface area contributed by atoms with Crippen molar-refractivity contribution in [2.75, 3.05) is 7.11 Å². The van der Waals surface area contributed by atoms with Gasteiger partial charge < -0.3 is 9.47 Å². The summed E-state index contributed by atoms with van der Waals surface area (Å²) < 4.78 is 10.8. The van der Waals surface area contributed by atoms with Crippen LogP contribution in [0.3, 0.4) is 0 Å². The Labute approximate surface area is 175 Å². The Balaban J connectivity index is 1.58. The smallest absolute Gasteiger partial charge is 0.303 e. The maximum atomic E-state index is 12.4. The Kier molecular flexibility index (Phi) is 7.02. The Bertz CT molecular complexity index is 710. The lowest BCUT2D eigenvalue weighted by Crippen LogP contribution is -2.39. The zero-order valence-corrected chi connectivity index (χ0v) is 18.4. The molecule has 0 aromatic heterocycles. The van der Waals surface area contributed by atoms with Gasteiger partial charge in [-0.1, -0.05) is 32.4 Å².